The topological polar surface area (TPSA) is 108 Å². The van der Waals surface area contributed by atoms with Gasteiger partial charge in [-0.05, 0) is 56.6 Å². The maximum absolute atomic E-state index is 13.9. The van der Waals surface area contributed by atoms with Crippen molar-refractivity contribution in [3.8, 4) is 6.01 Å². The summed E-state index contributed by atoms with van der Waals surface area (Å²) in [6.45, 7) is 3.95. The number of ketones is 2. The number of nitrogens with zero attached hydrogens (tertiary/aromatic N) is 2. The Morgan fingerprint density at radius 3 is 2.22 bits per heavy atom. The first-order valence-corrected chi connectivity index (χ1v) is 12.5. The zero-order valence-corrected chi connectivity index (χ0v) is 21.2. The minimum absolute atomic E-state index is 0.257. The molecule has 220 valence electrons. The van der Waals surface area contributed by atoms with Crippen LogP contribution >= 0.6 is 0 Å². The van der Waals surface area contributed by atoms with Crippen LogP contribution in [0.3, 0.4) is 0 Å². The van der Waals surface area contributed by atoms with Crippen molar-refractivity contribution < 1.29 is 45.1 Å². The summed E-state index contributed by atoms with van der Waals surface area (Å²) in [6, 6.07) is 6.69. The summed E-state index contributed by atoms with van der Waals surface area (Å²) in [6.07, 6.45) is -5.12. The number of hydrogen-bond acceptors (Lipinski definition) is 6. The lowest BCUT2D eigenvalue weighted by molar-refractivity contribution is -0.193. The number of halogens is 7. The number of H-pyrrole nitrogens is 2. The van der Waals surface area contributed by atoms with Gasteiger partial charge in [-0.25, -0.2) is 4.39 Å². The molecule has 2 N–H and O–H groups in total. The van der Waals surface area contributed by atoms with E-state index in [1.807, 2.05) is 0 Å². The average molecular weight is 588 g/mol. The molecule has 0 spiro atoms. The third kappa shape index (κ3) is 6.84. The van der Waals surface area contributed by atoms with E-state index in [1.54, 1.807) is 18.3 Å². The van der Waals surface area contributed by atoms with Crippen LogP contribution in [0.2, 0.25) is 0 Å². The van der Waals surface area contributed by atoms with Crippen molar-refractivity contribution in [3.63, 3.8) is 0 Å². The van der Waals surface area contributed by atoms with E-state index in [2.05, 4.69) is 19.9 Å². The number of pyridine rings is 1. The molecule has 41 heavy (non-hydrogen) atoms. The summed E-state index contributed by atoms with van der Waals surface area (Å²) >= 11 is 0. The Labute approximate surface area is 226 Å². The van der Waals surface area contributed by atoms with Crippen LogP contribution in [0.5, 0.6) is 6.01 Å². The summed E-state index contributed by atoms with van der Waals surface area (Å²) < 4.78 is 86.7. The molecule has 0 bridgehead atoms. The largest absolute Gasteiger partial charge is 0.465 e. The number of piperidine rings is 1. The van der Waals surface area contributed by atoms with Gasteiger partial charge in [0.2, 0.25) is 0 Å². The summed E-state index contributed by atoms with van der Waals surface area (Å²) in [5, 5.41) is 2.44. The molecular formula is C26H23F7N4O4. The van der Waals surface area contributed by atoms with Gasteiger partial charge in [-0.3, -0.25) is 14.4 Å². The van der Waals surface area contributed by atoms with Crippen molar-refractivity contribution in [1.82, 2.24) is 19.9 Å². The molecule has 0 atom stereocenters. The van der Waals surface area contributed by atoms with E-state index in [4.69, 9.17) is 4.74 Å². The van der Waals surface area contributed by atoms with E-state index in [-0.39, 0.29) is 11.4 Å². The Kier molecular flexibility index (Phi) is 8.66. The van der Waals surface area contributed by atoms with E-state index in [0.29, 0.717) is 34.3 Å². The monoisotopic (exact) mass is 588 g/mol. The number of ether oxygens (including phenoxy) is 1. The molecule has 2 aromatic heterocycles. The van der Waals surface area contributed by atoms with Crippen LogP contribution in [0.4, 0.5) is 30.7 Å². The second kappa shape index (κ2) is 11.8. The highest BCUT2D eigenvalue weighted by Crippen LogP contribution is 2.33. The molecule has 1 aliphatic rings. The lowest BCUT2D eigenvalue weighted by Gasteiger charge is -2.26. The van der Waals surface area contributed by atoms with E-state index in [0.717, 1.165) is 23.9 Å². The standard InChI is InChI=1S/C22H23FN4O2.C4F6O2/c23-14-5-6-15-17(13-14)18-16(7-8-24-21(18)28)20-19(15)25-22(26-20)29-12-4-11-27-9-2-1-3-10-27;5-3(6,7)1(11)2(12)4(8,9)10/h5-8,13H,1-4,9-12H2,(H,24,28)(H,25,26);. The molecule has 8 nitrogen and oxygen atoms in total. The number of benzene rings is 2. The Balaban J connectivity index is 0.000000275. The second-order valence-corrected chi connectivity index (χ2v) is 9.31. The number of hydrogen-bond donors (Lipinski definition) is 2. The molecule has 4 aromatic rings. The molecule has 5 rings (SSSR count). The minimum atomic E-state index is -5.77. The molecule has 0 radical (unpaired) electrons. The molecule has 3 heterocycles. The molecule has 0 saturated carbocycles. The van der Waals surface area contributed by atoms with Gasteiger partial charge in [0.15, 0.2) is 0 Å². The molecule has 0 amide bonds. The Morgan fingerprint density at radius 1 is 0.927 bits per heavy atom. The van der Waals surface area contributed by atoms with E-state index in [9.17, 15) is 45.1 Å². The number of aromatic amines is 2. The number of aromatic nitrogens is 3. The number of nitrogens with one attached hydrogen (secondary N) is 2. The predicted molar refractivity (Wildman–Crippen MR) is 134 cm³/mol. The summed E-state index contributed by atoms with van der Waals surface area (Å²) in [7, 11) is 0. The number of rotatable bonds is 6. The van der Waals surface area contributed by atoms with Gasteiger partial charge in [0.25, 0.3) is 11.6 Å². The zero-order valence-electron chi connectivity index (χ0n) is 21.2. The summed E-state index contributed by atoms with van der Waals surface area (Å²) in [4.78, 5) is 44.7. The fourth-order valence-corrected chi connectivity index (χ4v) is 4.59. The van der Waals surface area contributed by atoms with E-state index in [1.165, 1.54) is 44.5 Å². The number of carbonyl (C=O) groups is 2. The first kappa shape index (κ1) is 30.0. The van der Waals surface area contributed by atoms with Crippen molar-refractivity contribution in [2.75, 3.05) is 26.2 Å². The maximum Gasteiger partial charge on any atom is 0.458 e. The number of likely N-dealkylation sites (tertiary alicyclic amines) is 1. The summed E-state index contributed by atoms with van der Waals surface area (Å²) in [5.41, 5.74) is 1.16. The molecule has 0 aliphatic carbocycles. The van der Waals surface area contributed by atoms with Crippen LogP contribution in [-0.4, -0.2) is 70.0 Å². The van der Waals surface area contributed by atoms with Crippen molar-refractivity contribution in [1.29, 1.82) is 0 Å². The van der Waals surface area contributed by atoms with E-state index < -0.39 is 23.9 Å². The summed E-state index contributed by atoms with van der Waals surface area (Å²) in [5.74, 6) is -7.19. The normalized spacial score (nSPS) is 14.7. The van der Waals surface area contributed by atoms with Gasteiger partial charge in [-0.15, -0.1) is 0 Å². The Hall–Kier alpha value is -4.01. The number of Topliss-reactive ketones (excluding diaryl/α,β-unsaturated/α-hetero) is 2. The third-order valence-electron chi connectivity index (χ3n) is 6.45. The third-order valence-corrected chi connectivity index (χ3v) is 6.45. The fraction of sp³-hybridized carbons (Fsp3) is 0.385. The van der Waals surface area contributed by atoms with Crippen molar-refractivity contribution >= 4 is 44.1 Å². The zero-order chi connectivity index (χ0) is 29.9. The number of alkyl halides is 6. The van der Waals surface area contributed by atoms with Gasteiger partial charge < -0.3 is 19.6 Å². The van der Waals surface area contributed by atoms with Crippen LogP contribution in [0.1, 0.15) is 25.7 Å². The second-order valence-electron chi connectivity index (χ2n) is 9.31. The fourth-order valence-electron chi connectivity index (χ4n) is 4.59. The SMILES string of the molecule is O=C(C(=O)C(F)(F)F)C(F)(F)F.O=c1[nH]ccc2c3nc(OCCCN4CCCCC4)[nH]c3c3ccc(F)cc3c12. The molecule has 1 saturated heterocycles. The number of carbonyl (C=O) groups excluding carboxylic acids is 2. The highest BCUT2D eigenvalue weighted by Gasteiger charge is 2.54. The molecule has 15 heteroatoms. The molecule has 2 aromatic carbocycles. The quantitative estimate of drug-likeness (QED) is 0.139. The maximum atomic E-state index is 13.9. The Morgan fingerprint density at radius 2 is 1.59 bits per heavy atom. The van der Waals surface area contributed by atoms with Gasteiger partial charge in [0.1, 0.15) is 11.3 Å². The van der Waals surface area contributed by atoms with Crippen LogP contribution in [0.25, 0.3) is 32.6 Å². The van der Waals surface area contributed by atoms with Crippen LogP contribution in [0.15, 0.2) is 35.3 Å². The first-order chi connectivity index (χ1) is 19.3. The van der Waals surface area contributed by atoms with Crippen LogP contribution < -0.4 is 10.3 Å². The smallest absolute Gasteiger partial charge is 0.458 e. The lowest BCUT2D eigenvalue weighted by atomic mass is 10.0. The van der Waals surface area contributed by atoms with Gasteiger partial charge in [-0.1, -0.05) is 6.42 Å². The van der Waals surface area contributed by atoms with Crippen molar-refractivity contribution in [2.45, 2.75) is 38.0 Å². The predicted octanol–water partition coefficient (Wildman–Crippen LogP) is 5.20. The van der Waals surface area contributed by atoms with Crippen molar-refractivity contribution in [2.24, 2.45) is 0 Å². The number of fused-ring (bicyclic) bond motifs is 6. The molecule has 1 aliphatic heterocycles. The van der Waals surface area contributed by atoms with E-state index >= 15 is 0 Å². The first-order valence-electron chi connectivity index (χ1n) is 12.5. The number of imidazole rings is 1. The van der Waals surface area contributed by atoms with Gasteiger partial charge in [0.05, 0.1) is 17.5 Å². The van der Waals surface area contributed by atoms with Gasteiger partial charge in [0, 0.05) is 28.9 Å². The average Bonchev–Trinajstić information content (AvgIpc) is 3.34. The minimum Gasteiger partial charge on any atom is -0.465 e. The Bertz CT molecular complexity index is 1610. The van der Waals surface area contributed by atoms with Gasteiger partial charge in [-0.2, -0.15) is 31.3 Å². The molecule has 0 unspecified atom stereocenters. The molecular weight excluding hydrogens is 565 g/mol. The van der Waals surface area contributed by atoms with Gasteiger partial charge >= 0.3 is 23.9 Å². The van der Waals surface area contributed by atoms with Crippen LogP contribution in [0, 0.1) is 5.82 Å². The van der Waals surface area contributed by atoms with Crippen LogP contribution in [-0.2, 0) is 9.59 Å². The molecule has 1 fully saturated rings. The highest BCUT2D eigenvalue weighted by molar-refractivity contribution is 6.41. The lowest BCUT2D eigenvalue weighted by Crippen LogP contribution is -2.39. The highest BCUT2D eigenvalue weighted by atomic mass is 19.4. The van der Waals surface area contributed by atoms with Crippen molar-refractivity contribution in [3.05, 3.63) is 46.6 Å².